The van der Waals surface area contributed by atoms with Gasteiger partial charge >= 0.3 is 5.97 Å². The molecule has 0 radical (unpaired) electrons. The van der Waals surface area contributed by atoms with Gasteiger partial charge < -0.3 is 94.2 Å². The third-order valence-corrected chi connectivity index (χ3v) is 12.1. The number of carbonyl (C=O) groups excluding carboxylic acids is 7. The summed E-state index contributed by atoms with van der Waals surface area (Å²) in [4.78, 5) is 94.0. The number of ketones is 1. The van der Waals surface area contributed by atoms with E-state index in [9.17, 15) is 43.5 Å². The van der Waals surface area contributed by atoms with Crippen LogP contribution in [0.2, 0.25) is 0 Å². The van der Waals surface area contributed by atoms with E-state index >= 15 is 0 Å². The largest absolute Gasteiger partial charge is 0.481 e. The Morgan fingerprint density at radius 2 is 0.607 bits per heavy atom. The molecule has 0 aromatic rings. The van der Waals surface area contributed by atoms with Crippen molar-refractivity contribution in [1.82, 2.24) is 31.9 Å². The van der Waals surface area contributed by atoms with E-state index in [4.69, 9.17) is 57.2 Å². The number of hydrogen-bond acceptors (Lipinski definition) is 20. The molecule has 1 unspecified atom stereocenters. The molecule has 27 heteroatoms. The summed E-state index contributed by atoms with van der Waals surface area (Å²) in [5, 5.41) is 35.2. The number of amides is 6. The monoisotopic (exact) mass is 1210 g/mol. The molecule has 0 heterocycles. The molecule has 0 spiro atoms. The van der Waals surface area contributed by atoms with Crippen molar-refractivity contribution in [2.24, 2.45) is 0 Å². The second-order valence-corrected chi connectivity index (χ2v) is 19.7. The average Bonchev–Trinajstić information content (AvgIpc) is 3.52. The number of carboxylic acids is 1. The fraction of sp³-hybridized carbons (Fsp3) is 0.860. The number of carboxylic acid groups (broad SMARTS) is 1. The first-order chi connectivity index (χ1) is 40.8. The second-order valence-electron chi connectivity index (χ2n) is 19.7. The Labute approximate surface area is 498 Å². The Bertz CT molecular complexity index is 1660. The van der Waals surface area contributed by atoms with Crippen LogP contribution in [0.1, 0.15) is 135 Å². The van der Waals surface area contributed by atoms with Gasteiger partial charge in [-0.05, 0) is 26.2 Å². The zero-order valence-corrected chi connectivity index (χ0v) is 50.6. The topological polar surface area (TPSA) is 351 Å². The van der Waals surface area contributed by atoms with Crippen LogP contribution in [0.5, 0.6) is 0 Å². The number of unbranched alkanes of at least 4 members (excludes halogenated alkanes) is 15. The normalized spacial score (nSPS) is 11.9. The summed E-state index contributed by atoms with van der Waals surface area (Å²) in [5.74, 6) is -2.47. The van der Waals surface area contributed by atoms with Crippen molar-refractivity contribution >= 4 is 47.2 Å². The standard InChI is InChI=1S/C57H106N6O21/c1-48(64)43-80-38-33-76-29-24-59-52(67)45-82-40-35-78-31-26-61-54(69)47-84-42-37-79-32-27-62-55(70)46-83-41-36-77-30-25-60-53(68)44-81-39-34-75-28-23-58-50(65)22-21-49(57(73)74-2)63-51(66)19-17-15-13-11-9-7-5-3-4-6-8-10-12-14-16-18-20-56(71)72/h49,57,73H,3-47H2,1-2H3,(H,58,65)(H,59,67)(H,60,68)(H,61,69)(H,62,70)(H,63,66)(H,71,72)/t49-,57?/m0/s1. The van der Waals surface area contributed by atoms with Crippen molar-refractivity contribution in [3.05, 3.63) is 0 Å². The average molecular weight is 1210 g/mol. The number of aliphatic hydroxyl groups excluding tert-OH is 1. The molecule has 0 aliphatic rings. The molecule has 0 fully saturated rings. The molecule has 27 nitrogen and oxygen atoms in total. The van der Waals surface area contributed by atoms with E-state index < -0.39 is 18.3 Å². The van der Waals surface area contributed by atoms with E-state index in [-0.39, 0.29) is 199 Å². The maximum atomic E-state index is 12.6. The van der Waals surface area contributed by atoms with E-state index in [1.807, 2.05) is 0 Å². The van der Waals surface area contributed by atoms with Crippen LogP contribution in [0.3, 0.4) is 0 Å². The lowest BCUT2D eigenvalue weighted by molar-refractivity contribution is -0.137. The minimum absolute atomic E-state index is 0.0531. The molecule has 0 rings (SSSR count). The molecule has 490 valence electrons. The summed E-state index contributed by atoms with van der Waals surface area (Å²) >= 11 is 0. The number of carbonyl (C=O) groups is 8. The highest BCUT2D eigenvalue weighted by Crippen LogP contribution is 2.15. The number of aliphatic hydroxyl groups is 1. The van der Waals surface area contributed by atoms with Crippen LogP contribution in [0.25, 0.3) is 0 Å². The van der Waals surface area contributed by atoms with Crippen LogP contribution in [-0.2, 0) is 90.5 Å². The minimum atomic E-state index is -1.24. The van der Waals surface area contributed by atoms with E-state index in [0.717, 1.165) is 44.9 Å². The molecule has 8 N–H and O–H groups in total. The van der Waals surface area contributed by atoms with Crippen LogP contribution in [0.15, 0.2) is 0 Å². The summed E-state index contributed by atoms with van der Waals surface area (Å²) in [6, 6.07) is -0.723. The fourth-order valence-electron chi connectivity index (χ4n) is 7.63. The molecular formula is C57H106N6O21. The van der Waals surface area contributed by atoms with E-state index in [2.05, 4.69) is 31.9 Å². The molecule has 0 bridgehead atoms. The van der Waals surface area contributed by atoms with Gasteiger partial charge in [-0.2, -0.15) is 0 Å². The van der Waals surface area contributed by atoms with Crippen molar-refractivity contribution in [3.8, 4) is 0 Å². The van der Waals surface area contributed by atoms with Crippen LogP contribution in [0, 0.1) is 0 Å². The molecule has 0 aliphatic carbocycles. The Morgan fingerprint density at radius 3 is 0.905 bits per heavy atom. The molecule has 0 saturated heterocycles. The third-order valence-electron chi connectivity index (χ3n) is 12.1. The maximum absolute atomic E-state index is 12.6. The summed E-state index contributed by atoms with van der Waals surface area (Å²) in [7, 11) is 1.34. The molecule has 6 amide bonds. The van der Waals surface area contributed by atoms with Gasteiger partial charge in [0.15, 0.2) is 12.1 Å². The van der Waals surface area contributed by atoms with Crippen LogP contribution in [0.4, 0.5) is 0 Å². The van der Waals surface area contributed by atoms with Gasteiger partial charge in [-0.15, -0.1) is 0 Å². The van der Waals surface area contributed by atoms with Gasteiger partial charge in [0.05, 0.1) is 105 Å². The number of aliphatic carboxylic acids is 1. The first-order valence-corrected chi connectivity index (χ1v) is 30.2. The SMILES string of the molecule is COC(O)[C@H](CCC(=O)NCCOCCOCC(=O)NCCOCCOCC(=O)NCCOCCOCC(=O)NCCOCCOCC(=O)NCCOCCOCC(C)=O)NC(=O)CCCCCCCCCCCCCCCCCCC(=O)O. The number of Topliss-reactive ketones (excluding diaryl/α,β-unsaturated/α-hetero) is 1. The lowest BCUT2D eigenvalue weighted by Crippen LogP contribution is -2.45. The second kappa shape index (κ2) is 61.6. The fourth-order valence-corrected chi connectivity index (χ4v) is 7.63. The molecule has 0 saturated carbocycles. The summed E-state index contributed by atoms with van der Waals surface area (Å²) in [6.07, 6.45) is 17.7. The van der Waals surface area contributed by atoms with E-state index in [1.54, 1.807) is 0 Å². The molecule has 0 aromatic heterocycles. The Morgan fingerprint density at radius 1 is 0.333 bits per heavy atom. The molecule has 2 atom stereocenters. The smallest absolute Gasteiger partial charge is 0.303 e. The van der Waals surface area contributed by atoms with Crippen LogP contribution < -0.4 is 31.9 Å². The van der Waals surface area contributed by atoms with Gasteiger partial charge in [0.2, 0.25) is 35.4 Å². The summed E-state index contributed by atoms with van der Waals surface area (Å²) in [6.45, 7) is 5.76. The quantitative estimate of drug-likeness (QED) is 0.0317. The van der Waals surface area contributed by atoms with Gasteiger partial charge in [0, 0.05) is 59.1 Å². The van der Waals surface area contributed by atoms with Gasteiger partial charge in [-0.25, -0.2) is 0 Å². The number of methoxy groups -OCH3 is 1. The summed E-state index contributed by atoms with van der Waals surface area (Å²) < 4.78 is 58.2. The predicted octanol–water partition coefficient (Wildman–Crippen LogP) is 1.66. The lowest BCUT2D eigenvalue weighted by Gasteiger charge is -2.23. The van der Waals surface area contributed by atoms with Gasteiger partial charge in [0.1, 0.15) is 33.0 Å². The van der Waals surface area contributed by atoms with Crippen molar-refractivity contribution in [2.45, 2.75) is 148 Å². The van der Waals surface area contributed by atoms with Crippen LogP contribution in [-0.4, -0.2) is 242 Å². The summed E-state index contributed by atoms with van der Waals surface area (Å²) in [5.41, 5.74) is 0. The number of ether oxygens (including phenoxy) is 11. The minimum Gasteiger partial charge on any atom is -0.481 e. The zero-order valence-electron chi connectivity index (χ0n) is 50.6. The Balaban J connectivity index is 3.61. The van der Waals surface area contributed by atoms with Crippen LogP contribution >= 0.6 is 0 Å². The highest BCUT2D eigenvalue weighted by Gasteiger charge is 2.22. The first kappa shape index (κ1) is 79.5. The van der Waals surface area contributed by atoms with Crippen molar-refractivity contribution in [3.63, 3.8) is 0 Å². The number of rotatable bonds is 65. The van der Waals surface area contributed by atoms with Crippen molar-refractivity contribution in [2.75, 3.05) is 172 Å². The van der Waals surface area contributed by atoms with Crippen molar-refractivity contribution < 1.29 is 101 Å². The molecule has 0 aromatic carbocycles. The first-order valence-electron chi connectivity index (χ1n) is 30.2. The number of hydrogen-bond donors (Lipinski definition) is 8. The molecule has 84 heavy (non-hydrogen) atoms. The highest BCUT2D eigenvalue weighted by molar-refractivity contribution is 5.79. The lowest BCUT2D eigenvalue weighted by atomic mass is 10.0. The zero-order chi connectivity index (χ0) is 61.6. The number of nitrogens with one attached hydrogen (secondary N) is 6. The van der Waals surface area contributed by atoms with E-state index in [0.29, 0.717) is 32.8 Å². The molecular weight excluding hydrogens is 1100 g/mol. The molecule has 0 aliphatic heterocycles. The van der Waals surface area contributed by atoms with Crippen molar-refractivity contribution in [1.29, 1.82) is 0 Å². The maximum Gasteiger partial charge on any atom is 0.303 e. The Hall–Kier alpha value is -4.52. The van der Waals surface area contributed by atoms with E-state index in [1.165, 1.54) is 71.8 Å². The highest BCUT2D eigenvalue weighted by atomic mass is 16.6. The predicted molar refractivity (Wildman–Crippen MR) is 309 cm³/mol. The van der Waals surface area contributed by atoms with Gasteiger partial charge in [-0.1, -0.05) is 89.9 Å². The van der Waals surface area contributed by atoms with Gasteiger partial charge in [0.25, 0.3) is 0 Å². The Kier molecular flexibility index (Phi) is 58.3. The third kappa shape index (κ3) is 60.6. The van der Waals surface area contributed by atoms with Gasteiger partial charge in [-0.3, -0.25) is 38.4 Å².